The molecule has 0 amide bonds. The highest BCUT2D eigenvalue weighted by molar-refractivity contribution is 7.14. The molecule has 1 aromatic carbocycles. The van der Waals surface area contributed by atoms with E-state index in [1.165, 1.54) is 28.9 Å². The number of hydrogen-bond donors (Lipinski definition) is 1. The van der Waals surface area contributed by atoms with E-state index < -0.39 is 0 Å². The van der Waals surface area contributed by atoms with E-state index in [2.05, 4.69) is 26.0 Å². The van der Waals surface area contributed by atoms with Crippen molar-refractivity contribution in [2.45, 2.75) is 52.1 Å². The smallest absolute Gasteiger partial charge is 0.342 e. The maximum absolute atomic E-state index is 12.6. The number of aryl methyl sites for hydroxylation is 2. The summed E-state index contributed by atoms with van der Waals surface area (Å²) in [4.78, 5) is 12.6. The number of rotatable bonds is 3. The van der Waals surface area contributed by atoms with E-state index in [0.29, 0.717) is 10.6 Å². The molecule has 3 rings (SSSR count). The molecule has 23 heavy (non-hydrogen) atoms. The number of nitrogen functional groups attached to an aromatic ring is 1. The van der Waals surface area contributed by atoms with Gasteiger partial charge in [-0.1, -0.05) is 24.6 Å². The molecule has 0 radical (unpaired) electrons. The number of benzene rings is 1. The van der Waals surface area contributed by atoms with Crippen LogP contribution in [0.5, 0.6) is 0 Å². The van der Waals surface area contributed by atoms with E-state index in [1.54, 1.807) is 0 Å². The number of carbonyl (C=O) groups is 1. The fraction of sp³-hybridized carbons (Fsp3) is 0.421. The first-order valence-electron chi connectivity index (χ1n) is 8.22. The van der Waals surface area contributed by atoms with Gasteiger partial charge in [-0.2, -0.15) is 0 Å². The second-order valence-corrected chi connectivity index (χ2v) is 7.26. The Balaban J connectivity index is 1.88. The average Bonchev–Trinajstić information content (AvgIpc) is 2.93. The highest BCUT2D eigenvalue weighted by Crippen LogP contribution is 2.35. The zero-order chi connectivity index (χ0) is 16.4. The molecule has 0 atom stereocenters. The minimum Gasteiger partial charge on any atom is -0.459 e. The number of nitrogens with two attached hydrogens (primary N) is 1. The van der Waals surface area contributed by atoms with E-state index in [4.69, 9.17) is 10.5 Å². The summed E-state index contributed by atoms with van der Waals surface area (Å²) in [5, 5.41) is 2.50. The Labute approximate surface area is 141 Å². The van der Waals surface area contributed by atoms with Crippen molar-refractivity contribution in [1.29, 1.82) is 0 Å². The van der Waals surface area contributed by atoms with Crippen LogP contribution >= 0.6 is 11.3 Å². The van der Waals surface area contributed by atoms with Crippen LogP contribution in [-0.2, 0) is 4.74 Å². The lowest BCUT2D eigenvalue weighted by molar-refractivity contribution is 0.0214. The molecule has 2 N–H and O–H groups in total. The van der Waals surface area contributed by atoms with Gasteiger partial charge < -0.3 is 10.5 Å². The van der Waals surface area contributed by atoms with Crippen LogP contribution in [-0.4, -0.2) is 12.1 Å². The van der Waals surface area contributed by atoms with Crippen molar-refractivity contribution in [3.63, 3.8) is 0 Å². The van der Waals surface area contributed by atoms with Crippen LogP contribution in [0.1, 0.15) is 53.6 Å². The predicted octanol–water partition coefficient (Wildman–Crippen LogP) is 5.10. The minimum atomic E-state index is -0.274. The van der Waals surface area contributed by atoms with Gasteiger partial charge in [0.05, 0.1) is 0 Å². The van der Waals surface area contributed by atoms with Gasteiger partial charge in [-0.25, -0.2) is 4.79 Å². The molecular weight excluding hydrogens is 306 g/mol. The summed E-state index contributed by atoms with van der Waals surface area (Å²) in [6.07, 6.45) is 5.50. The van der Waals surface area contributed by atoms with Crippen LogP contribution in [0.4, 0.5) is 5.00 Å². The largest absolute Gasteiger partial charge is 0.459 e. The lowest BCUT2D eigenvalue weighted by Crippen LogP contribution is -2.21. The molecule has 3 nitrogen and oxygen atoms in total. The monoisotopic (exact) mass is 329 g/mol. The molecule has 0 unspecified atom stereocenters. The highest BCUT2D eigenvalue weighted by Gasteiger charge is 2.24. The molecular formula is C19H23NO2S. The van der Waals surface area contributed by atoms with Gasteiger partial charge in [0, 0.05) is 10.9 Å². The van der Waals surface area contributed by atoms with Crippen LogP contribution in [0, 0.1) is 13.8 Å². The van der Waals surface area contributed by atoms with Gasteiger partial charge in [0.15, 0.2) is 0 Å². The normalized spacial score (nSPS) is 15.6. The summed E-state index contributed by atoms with van der Waals surface area (Å²) < 4.78 is 5.72. The predicted molar refractivity (Wildman–Crippen MR) is 95.9 cm³/mol. The molecule has 0 aliphatic heterocycles. The van der Waals surface area contributed by atoms with Crippen molar-refractivity contribution in [2.75, 3.05) is 5.73 Å². The van der Waals surface area contributed by atoms with Gasteiger partial charge in [-0.3, -0.25) is 0 Å². The molecule has 1 saturated carbocycles. The molecule has 1 aromatic heterocycles. The van der Waals surface area contributed by atoms with Crippen molar-refractivity contribution in [3.05, 3.63) is 40.3 Å². The number of carbonyl (C=O) groups excluding carboxylic acids is 1. The lowest BCUT2D eigenvalue weighted by atomic mass is 9.97. The lowest BCUT2D eigenvalue weighted by Gasteiger charge is -2.22. The zero-order valence-electron chi connectivity index (χ0n) is 13.7. The minimum absolute atomic E-state index is 0.0446. The van der Waals surface area contributed by atoms with Crippen LogP contribution in [0.15, 0.2) is 23.6 Å². The van der Waals surface area contributed by atoms with Crippen molar-refractivity contribution in [2.24, 2.45) is 0 Å². The summed E-state index contributed by atoms with van der Waals surface area (Å²) in [7, 11) is 0. The van der Waals surface area contributed by atoms with Crippen LogP contribution in [0.25, 0.3) is 11.1 Å². The van der Waals surface area contributed by atoms with Gasteiger partial charge in [0.2, 0.25) is 0 Å². The first-order valence-corrected chi connectivity index (χ1v) is 9.10. The molecule has 4 heteroatoms. The maximum atomic E-state index is 12.6. The van der Waals surface area contributed by atoms with Crippen LogP contribution in [0.3, 0.4) is 0 Å². The molecule has 2 aromatic rings. The van der Waals surface area contributed by atoms with E-state index in [-0.39, 0.29) is 12.1 Å². The highest BCUT2D eigenvalue weighted by atomic mass is 32.1. The van der Waals surface area contributed by atoms with Crippen molar-refractivity contribution < 1.29 is 9.53 Å². The van der Waals surface area contributed by atoms with Crippen molar-refractivity contribution in [3.8, 4) is 11.1 Å². The molecule has 0 saturated heterocycles. The Morgan fingerprint density at radius 3 is 2.61 bits per heavy atom. The third kappa shape index (κ3) is 3.42. The molecule has 1 fully saturated rings. The second kappa shape index (κ2) is 6.75. The number of esters is 1. The number of anilines is 1. The van der Waals surface area contributed by atoms with Gasteiger partial charge in [0.25, 0.3) is 0 Å². The third-order valence-electron chi connectivity index (χ3n) is 4.67. The topological polar surface area (TPSA) is 52.3 Å². The quantitative estimate of drug-likeness (QED) is 0.797. The number of hydrogen-bond acceptors (Lipinski definition) is 4. The molecule has 0 spiro atoms. The summed E-state index contributed by atoms with van der Waals surface area (Å²) in [5.74, 6) is -0.274. The summed E-state index contributed by atoms with van der Waals surface area (Å²) in [6.45, 7) is 4.16. The maximum Gasteiger partial charge on any atom is 0.342 e. The van der Waals surface area contributed by atoms with Crippen LogP contribution < -0.4 is 5.73 Å². The van der Waals surface area contributed by atoms with Gasteiger partial charge >= 0.3 is 5.97 Å². The summed E-state index contributed by atoms with van der Waals surface area (Å²) in [5.41, 5.74) is 11.0. The van der Waals surface area contributed by atoms with Crippen molar-refractivity contribution >= 4 is 22.3 Å². The van der Waals surface area contributed by atoms with Gasteiger partial charge in [0.1, 0.15) is 16.7 Å². The molecule has 1 aliphatic carbocycles. The fourth-order valence-electron chi connectivity index (χ4n) is 3.10. The standard InChI is InChI=1S/C19H23NO2S/c1-12-8-9-14(10-13(12)2)16-11-23-18(20)17(16)19(21)22-15-6-4-3-5-7-15/h8-11,15H,3-7,20H2,1-2H3. The number of thiophene rings is 1. The molecule has 1 aliphatic rings. The summed E-state index contributed by atoms with van der Waals surface area (Å²) in [6, 6.07) is 6.23. The third-order valence-corrected chi connectivity index (χ3v) is 5.48. The fourth-order valence-corrected chi connectivity index (χ4v) is 3.91. The van der Waals surface area contributed by atoms with E-state index in [1.807, 2.05) is 11.4 Å². The van der Waals surface area contributed by atoms with Crippen LogP contribution in [0.2, 0.25) is 0 Å². The van der Waals surface area contributed by atoms with Crippen molar-refractivity contribution in [1.82, 2.24) is 0 Å². The second-order valence-electron chi connectivity index (χ2n) is 6.35. The Morgan fingerprint density at radius 1 is 1.17 bits per heavy atom. The van der Waals surface area contributed by atoms with Gasteiger partial charge in [-0.15, -0.1) is 11.3 Å². The Kier molecular flexibility index (Phi) is 4.71. The molecule has 122 valence electrons. The first kappa shape index (κ1) is 16.1. The zero-order valence-corrected chi connectivity index (χ0v) is 14.5. The van der Waals surface area contributed by atoms with E-state index in [9.17, 15) is 4.79 Å². The SMILES string of the molecule is Cc1ccc(-c2csc(N)c2C(=O)OC2CCCCC2)cc1C. The first-order chi connectivity index (χ1) is 11.1. The van der Waals surface area contributed by atoms with E-state index in [0.717, 1.165) is 36.8 Å². The Morgan fingerprint density at radius 2 is 1.91 bits per heavy atom. The number of ether oxygens (including phenoxy) is 1. The molecule has 0 bridgehead atoms. The molecule has 1 heterocycles. The summed E-state index contributed by atoms with van der Waals surface area (Å²) >= 11 is 1.40. The van der Waals surface area contributed by atoms with Gasteiger partial charge in [-0.05, 0) is 56.2 Å². The Bertz CT molecular complexity index is 714. The average molecular weight is 329 g/mol. The van der Waals surface area contributed by atoms with E-state index >= 15 is 0 Å². The Hall–Kier alpha value is -1.81.